The van der Waals surface area contributed by atoms with E-state index in [0.717, 1.165) is 12.1 Å². The van der Waals surface area contributed by atoms with Crippen molar-refractivity contribution in [1.29, 1.82) is 0 Å². The molecule has 2 rings (SSSR count). The van der Waals surface area contributed by atoms with Crippen molar-refractivity contribution in [3.8, 4) is 0 Å². The molecule has 0 aliphatic carbocycles. The number of rotatable bonds is 5. The quantitative estimate of drug-likeness (QED) is 0.861. The first-order valence-electron chi connectivity index (χ1n) is 6.22. The van der Waals surface area contributed by atoms with Crippen molar-refractivity contribution in [1.82, 2.24) is 15.3 Å². The van der Waals surface area contributed by atoms with Crippen LogP contribution in [0, 0.1) is 0 Å². The molecule has 1 heterocycles. The molecule has 0 atom stereocenters. The Morgan fingerprint density at radius 3 is 2.58 bits per heavy atom. The lowest BCUT2D eigenvalue weighted by atomic mass is 10.3. The van der Waals surface area contributed by atoms with E-state index in [2.05, 4.69) is 20.6 Å². The Balaban J connectivity index is 2.00. The summed E-state index contributed by atoms with van der Waals surface area (Å²) in [4.78, 5) is 19.9. The van der Waals surface area contributed by atoms with Crippen LogP contribution in [0.4, 0.5) is 11.5 Å². The van der Waals surface area contributed by atoms with Crippen molar-refractivity contribution in [3.05, 3.63) is 48.4 Å². The van der Waals surface area contributed by atoms with Crippen LogP contribution in [0.25, 0.3) is 0 Å². The molecule has 0 radical (unpaired) electrons. The molecule has 98 valence electrons. The number of carbonyl (C=O) groups excluding carboxylic acids is 1. The van der Waals surface area contributed by atoms with Crippen molar-refractivity contribution in [2.45, 2.75) is 13.3 Å². The smallest absolute Gasteiger partial charge is 0.271 e. The van der Waals surface area contributed by atoms with E-state index in [-0.39, 0.29) is 5.91 Å². The SMILES string of the molecule is CCCNC(=O)c1cnc(Nc2ccccc2)cn1. The summed E-state index contributed by atoms with van der Waals surface area (Å²) in [6.07, 6.45) is 3.91. The average Bonchev–Trinajstić information content (AvgIpc) is 2.46. The van der Waals surface area contributed by atoms with Gasteiger partial charge in [0.2, 0.25) is 0 Å². The fourth-order valence-electron chi connectivity index (χ4n) is 1.51. The monoisotopic (exact) mass is 256 g/mol. The third kappa shape index (κ3) is 3.77. The second-order valence-electron chi connectivity index (χ2n) is 4.03. The molecular formula is C14H16N4O. The minimum Gasteiger partial charge on any atom is -0.351 e. The Kier molecular flexibility index (Phi) is 4.44. The number of nitrogens with zero attached hydrogens (tertiary/aromatic N) is 2. The van der Waals surface area contributed by atoms with Gasteiger partial charge in [0.25, 0.3) is 5.91 Å². The highest BCUT2D eigenvalue weighted by molar-refractivity contribution is 5.92. The van der Waals surface area contributed by atoms with Gasteiger partial charge in [0.1, 0.15) is 11.5 Å². The second kappa shape index (κ2) is 6.49. The van der Waals surface area contributed by atoms with Crippen LogP contribution in [-0.4, -0.2) is 22.4 Å². The fraction of sp³-hybridized carbons (Fsp3) is 0.214. The maximum Gasteiger partial charge on any atom is 0.271 e. The van der Waals surface area contributed by atoms with Crippen LogP contribution in [-0.2, 0) is 0 Å². The highest BCUT2D eigenvalue weighted by atomic mass is 16.1. The standard InChI is InChI=1S/C14H16N4O/c1-2-8-15-14(19)12-9-17-13(10-16-12)18-11-6-4-3-5-7-11/h3-7,9-10H,2,8H2,1H3,(H,15,19)(H,17,18). The molecule has 5 nitrogen and oxygen atoms in total. The van der Waals surface area contributed by atoms with Crippen molar-refractivity contribution < 1.29 is 4.79 Å². The van der Waals surface area contributed by atoms with Gasteiger partial charge in [0, 0.05) is 12.2 Å². The molecule has 0 spiro atoms. The molecule has 0 aliphatic heterocycles. The van der Waals surface area contributed by atoms with Gasteiger partial charge in [-0.15, -0.1) is 0 Å². The fourth-order valence-corrected chi connectivity index (χ4v) is 1.51. The molecule has 2 N–H and O–H groups in total. The Bertz CT molecular complexity index is 525. The largest absolute Gasteiger partial charge is 0.351 e. The van der Waals surface area contributed by atoms with Gasteiger partial charge in [-0.05, 0) is 18.6 Å². The Morgan fingerprint density at radius 1 is 1.16 bits per heavy atom. The van der Waals surface area contributed by atoms with Gasteiger partial charge in [0.15, 0.2) is 0 Å². The van der Waals surface area contributed by atoms with Crippen LogP contribution < -0.4 is 10.6 Å². The molecule has 1 amide bonds. The topological polar surface area (TPSA) is 66.9 Å². The molecule has 2 aromatic rings. The molecular weight excluding hydrogens is 240 g/mol. The molecule has 1 aromatic heterocycles. The van der Waals surface area contributed by atoms with Crippen molar-refractivity contribution in [3.63, 3.8) is 0 Å². The lowest BCUT2D eigenvalue weighted by Crippen LogP contribution is -2.25. The number of carbonyl (C=O) groups is 1. The Morgan fingerprint density at radius 2 is 1.95 bits per heavy atom. The van der Waals surface area contributed by atoms with Crippen molar-refractivity contribution in [2.75, 3.05) is 11.9 Å². The first-order valence-corrected chi connectivity index (χ1v) is 6.22. The van der Waals surface area contributed by atoms with E-state index < -0.39 is 0 Å². The summed E-state index contributed by atoms with van der Waals surface area (Å²) in [5.74, 6) is 0.416. The first kappa shape index (κ1) is 13.0. The first-order chi connectivity index (χ1) is 9.29. The predicted molar refractivity (Wildman–Crippen MR) is 74.4 cm³/mol. The van der Waals surface area contributed by atoms with E-state index in [1.165, 1.54) is 6.20 Å². The molecule has 5 heteroatoms. The number of aromatic nitrogens is 2. The number of anilines is 2. The highest BCUT2D eigenvalue weighted by Gasteiger charge is 2.06. The predicted octanol–water partition coefficient (Wildman–Crippen LogP) is 2.36. The van der Waals surface area contributed by atoms with Gasteiger partial charge >= 0.3 is 0 Å². The summed E-state index contributed by atoms with van der Waals surface area (Å²) in [6, 6.07) is 9.68. The minimum atomic E-state index is -0.194. The maximum atomic E-state index is 11.6. The van der Waals surface area contributed by atoms with E-state index in [9.17, 15) is 4.79 Å². The molecule has 0 saturated carbocycles. The molecule has 1 aromatic carbocycles. The summed E-state index contributed by atoms with van der Waals surface area (Å²) >= 11 is 0. The van der Waals surface area contributed by atoms with Gasteiger partial charge < -0.3 is 10.6 Å². The summed E-state index contributed by atoms with van der Waals surface area (Å²) in [5, 5.41) is 5.86. The van der Waals surface area contributed by atoms with E-state index >= 15 is 0 Å². The summed E-state index contributed by atoms with van der Waals surface area (Å²) in [7, 11) is 0. The Hall–Kier alpha value is -2.43. The summed E-state index contributed by atoms with van der Waals surface area (Å²) in [5.41, 5.74) is 1.26. The number of para-hydroxylation sites is 1. The van der Waals surface area contributed by atoms with Crippen molar-refractivity contribution >= 4 is 17.4 Å². The lowest BCUT2D eigenvalue weighted by molar-refractivity contribution is 0.0948. The van der Waals surface area contributed by atoms with Gasteiger partial charge in [-0.3, -0.25) is 4.79 Å². The molecule has 0 aliphatic rings. The zero-order chi connectivity index (χ0) is 13.5. The number of amides is 1. The van der Waals surface area contributed by atoms with Crippen LogP contribution in [0.1, 0.15) is 23.8 Å². The number of nitrogens with one attached hydrogen (secondary N) is 2. The zero-order valence-electron chi connectivity index (χ0n) is 10.8. The minimum absolute atomic E-state index is 0.194. The maximum absolute atomic E-state index is 11.6. The highest BCUT2D eigenvalue weighted by Crippen LogP contribution is 2.12. The van der Waals surface area contributed by atoms with Crippen LogP contribution in [0.3, 0.4) is 0 Å². The van der Waals surface area contributed by atoms with E-state index in [1.807, 2.05) is 37.3 Å². The molecule has 19 heavy (non-hydrogen) atoms. The van der Waals surface area contributed by atoms with Gasteiger partial charge in [-0.25, -0.2) is 9.97 Å². The third-order valence-electron chi connectivity index (χ3n) is 2.47. The number of hydrogen-bond donors (Lipinski definition) is 2. The molecule has 0 saturated heterocycles. The average molecular weight is 256 g/mol. The van der Waals surface area contributed by atoms with E-state index in [0.29, 0.717) is 18.1 Å². The van der Waals surface area contributed by atoms with Crippen molar-refractivity contribution in [2.24, 2.45) is 0 Å². The van der Waals surface area contributed by atoms with Crippen LogP contribution in [0.15, 0.2) is 42.7 Å². The zero-order valence-corrected chi connectivity index (χ0v) is 10.8. The normalized spacial score (nSPS) is 9.95. The summed E-state index contributed by atoms with van der Waals surface area (Å²) in [6.45, 7) is 2.64. The summed E-state index contributed by atoms with van der Waals surface area (Å²) < 4.78 is 0. The molecule has 0 fully saturated rings. The third-order valence-corrected chi connectivity index (χ3v) is 2.47. The molecule has 0 bridgehead atoms. The van der Waals surface area contributed by atoms with Gasteiger partial charge in [-0.1, -0.05) is 25.1 Å². The van der Waals surface area contributed by atoms with Crippen LogP contribution in [0.5, 0.6) is 0 Å². The van der Waals surface area contributed by atoms with Gasteiger partial charge in [-0.2, -0.15) is 0 Å². The Labute approximate surface area is 112 Å². The number of benzene rings is 1. The van der Waals surface area contributed by atoms with Gasteiger partial charge in [0.05, 0.1) is 12.4 Å². The molecule has 0 unspecified atom stereocenters. The van der Waals surface area contributed by atoms with E-state index in [4.69, 9.17) is 0 Å². The van der Waals surface area contributed by atoms with Crippen LogP contribution in [0.2, 0.25) is 0 Å². The lowest BCUT2D eigenvalue weighted by Gasteiger charge is -2.06. The van der Waals surface area contributed by atoms with Crippen LogP contribution >= 0.6 is 0 Å². The van der Waals surface area contributed by atoms with E-state index in [1.54, 1.807) is 6.20 Å². The number of hydrogen-bond acceptors (Lipinski definition) is 4. The second-order valence-corrected chi connectivity index (χ2v) is 4.03.